The normalized spacial score (nSPS) is 12.0. The third-order valence-corrected chi connectivity index (χ3v) is 4.29. The number of halogens is 3. The molecule has 0 bridgehead atoms. The Balaban J connectivity index is 1.69. The minimum Gasteiger partial charge on any atom is -0.463 e. The van der Waals surface area contributed by atoms with Crippen molar-refractivity contribution < 1.29 is 22.4 Å². The number of furan rings is 1. The number of fused-ring (bicyclic) bond motifs is 1. The van der Waals surface area contributed by atoms with E-state index in [0.29, 0.717) is 17.1 Å². The molecule has 4 aromatic rings. The predicted molar refractivity (Wildman–Crippen MR) is 100 cm³/mol. The maximum absolute atomic E-state index is 13.3. The summed E-state index contributed by atoms with van der Waals surface area (Å²) in [5, 5.41) is 11.8. The third-order valence-electron chi connectivity index (χ3n) is 4.29. The lowest BCUT2D eigenvalue weighted by atomic mass is 10.1. The molecule has 152 valence electrons. The summed E-state index contributed by atoms with van der Waals surface area (Å²) in [5.74, 6) is -0.185. The minimum atomic E-state index is -4.56. The summed E-state index contributed by atoms with van der Waals surface area (Å²) in [6.07, 6.45) is -0.532. The second kappa shape index (κ2) is 7.43. The number of nitrogens with one attached hydrogen (secondary N) is 1. The topological polar surface area (TPSA) is 98.2 Å². The highest BCUT2D eigenvalue weighted by Gasteiger charge is 2.33. The Morgan fingerprint density at radius 3 is 2.80 bits per heavy atom. The number of nitrogens with zero attached hydrogens (tertiary/aromatic N) is 5. The van der Waals surface area contributed by atoms with E-state index in [9.17, 15) is 18.0 Å². The van der Waals surface area contributed by atoms with Crippen molar-refractivity contribution in [1.29, 1.82) is 0 Å². The first-order valence-corrected chi connectivity index (χ1v) is 8.61. The predicted octanol–water partition coefficient (Wildman–Crippen LogP) is 3.50. The molecule has 1 N–H and O–H groups in total. The number of amides is 1. The first kappa shape index (κ1) is 19.3. The molecule has 3 aromatic heterocycles. The molecular formula is C19H13F3N6O2. The maximum Gasteiger partial charge on any atom is 0.418 e. The largest absolute Gasteiger partial charge is 0.463 e. The first-order chi connectivity index (χ1) is 14.4. The lowest BCUT2D eigenvalue weighted by Crippen LogP contribution is -2.19. The molecule has 0 saturated heterocycles. The molecule has 30 heavy (non-hydrogen) atoms. The lowest BCUT2D eigenvalue weighted by Gasteiger charge is -2.12. The molecule has 0 aliphatic rings. The van der Waals surface area contributed by atoms with E-state index in [4.69, 9.17) is 4.42 Å². The van der Waals surface area contributed by atoms with E-state index in [1.54, 1.807) is 19.1 Å². The van der Waals surface area contributed by atoms with Crippen LogP contribution in [0.3, 0.4) is 0 Å². The van der Waals surface area contributed by atoms with Crippen molar-refractivity contribution in [2.45, 2.75) is 13.1 Å². The SMILES string of the molecule is Cc1c(C(=O)N/N=C/c2ccco2)nnn1-c1ccnc2c(C(F)(F)F)cccc12. The van der Waals surface area contributed by atoms with Crippen LogP contribution in [-0.2, 0) is 6.18 Å². The molecule has 4 rings (SSSR count). The van der Waals surface area contributed by atoms with Crippen LogP contribution in [0.2, 0.25) is 0 Å². The summed E-state index contributed by atoms with van der Waals surface area (Å²) in [5.41, 5.74) is 1.84. The zero-order chi connectivity index (χ0) is 21.3. The van der Waals surface area contributed by atoms with Gasteiger partial charge in [0, 0.05) is 11.6 Å². The van der Waals surface area contributed by atoms with E-state index in [2.05, 4.69) is 25.8 Å². The van der Waals surface area contributed by atoms with Gasteiger partial charge >= 0.3 is 6.18 Å². The fourth-order valence-corrected chi connectivity index (χ4v) is 2.91. The van der Waals surface area contributed by atoms with Gasteiger partial charge in [0.05, 0.1) is 34.9 Å². The van der Waals surface area contributed by atoms with Gasteiger partial charge in [-0.2, -0.15) is 18.3 Å². The summed E-state index contributed by atoms with van der Waals surface area (Å²) in [4.78, 5) is 16.2. The van der Waals surface area contributed by atoms with Gasteiger partial charge in [-0.15, -0.1) is 5.10 Å². The first-order valence-electron chi connectivity index (χ1n) is 8.61. The van der Waals surface area contributed by atoms with E-state index in [0.717, 1.165) is 6.07 Å². The van der Waals surface area contributed by atoms with Crippen molar-refractivity contribution in [3.05, 3.63) is 71.6 Å². The summed E-state index contributed by atoms with van der Waals surface area (Å²) in [7, 11) is 0. The molecule has 3 heterocycles. The van der Waals surface area contributed by atoms with Crippen molar-refractivity contribution in [2.75, 3.05) is 0 Å². The van der Waals surface area contributed by atoms with Gasteiger partial charge in [-0.05, 0) is 31.2 Å². The van der Waals surface area contributed by atoms with E-state index in [1.165, 1.54) is 41.6 Å². The van der Waals surface area contributed by atoms with Crippen LogP contribution in [0, 0.1) is 6.92 Å². The van der Waals surface area contributed by atoms with Crippen LogP contribution in [0.25, 0.3) is 16.6 Å². The number of hydrogen-bond donors (Lipinski definition) is 1. The summed E-state index contributed by atoms with van der Waals surface area (Å²) in [6.45, 7) is 1.57. The second-order valence-electron chi connectivity index (χ2n) is 6.18. The molecule has 0 fully saturated rings. The van der Waals surface area contributed by atoms with Crippen molar-refractivity contribution in [3.8, 4) is 5.69 Å². The summed E-state index contributed by atoms with van der Waals surface area (Å²) in [6, 6.07) is 8.58. The van der Waals surface area contributed by atoms with Gasteiger partial charge < -0.3 is 4.42 Å². The molecule has 0 atom stereocenters. The Morgan fingerprint density at radius 1 is 1.23 bits per heavy atom. The van der Waals surface area contributed by atoms with Crippen LogP contribution in [0.1, 0.15) is 27.5 Å². The molecule has 8 nitrogen and oxygen atoms in total. The number of pyridine rings is 1. The molecule has 1 aromatic carbocycles. The fourth-order valence-electron chi connectivity index (χ4n) is 2.91. The molecule has 11 heteroatoms. The molecule has 1 amide bonds. The van der Waals surface area contributed by atoms with E-state index < -0.39 is 17.6 Å². The van der Waals surface area contributed by atoms with Crippen LogP contribution in [0.4, 0.5) is 13.2 Å². The molecule has 0 aliphatic heterocycles. The molecule has 0 unspecified atom stereocenters. The van der Waals surface area contributed by atoms with Crippen LogP contribution < -0.4 is 5.43 Å². The Labute approximate surface area is 167 Å². The zero-order valence-corrected chi connectivity index (χ0v) is 15.4. The fraction of sp³-hybridized carbons (Fsp3) is 0.105. The highest BCUT2D eigenvalue weighted by atomic mass is 19.4. The van der Waals surface area contributed by atoms with E-state index >= 15 is 0 Å². The van der Waals surface area contributed by atoms with Crippen molar-refractivity contribution >= 4 is 23.0 Å². The standard InChI is InChI=1S/C19H13F3N6O2/c1-11-16(18(29)26-24-10-12-4-3-9-30-12)25-27-28(11)15-7-8-23-17-13(15)5-2-6-14(17)19(20,21)22/h2-10H,1H3,(H,26,29)/b24-10+. The molecule has 0 radical (unpaired) electrons. The van der Waals surface area contributed by atoms with Gasteiger partial charge in [-0.3, -0.25) is 9.78 Å². The van der Waals surface area contributed by atoms with Crippen molar-refractivity contribution in [2.24, 2.45) is 5.10 Å². The van der Waals surface area contributed by atoms with Crippen molar-refractivity contribution in [1.82, 2.24) is 25.4 Å². The third kappa shape index (κ3) is 3.52. The highest BCUT2D eigenvalue weighted by molar-refractivity contribution is 5.94. The van der Waals surface area contributed by atoms with Crippen LogP contribution in [0.15, 0.2) is 58.4 Å². The number of hydrogen-bond acceptors (Lipinski definition) is 6. The monoisotopic (exact) mass is 414 g/mol. The van der Waals surface area contributed by atoms with Gasteiger partial charge in [0.25, 0.3) is 5.91 Å². The number of rotatable bonds is 4. The molecule has 0 aliphatic carbocycles. The molecule has 0 saturated carbocycles. The maximum atomic E-state index is 13.3. The number of carbonyl (C=O) groups excluding carboxylic acids is 1. The minimum absolute atomic E-state index is 0.0245. The average Bonchev–Trinajstić information content (AvgIpc) is 3.36. The second-order valence-corrected chi connectivity index (χ2v) is 6.18. The van der Waals surface area contributed by atoms with E-state index in [-0.39, 0.29) is 16.6 Å². The number of para-hydroxylation sites is 1. The summed E-state index contributed by atoms with van der Waals surface area (Å²) >= 11 is 0. The molecule has 0 spiro atoms. The van der Waals surface area contributed by atoms with Gasteiger partial charge in [-0.25, -0.2) is 10.1 Å². The van der Waals surface area contributed by atoms with Gasteiger partial charge in [0.15, 0.2) is 5.69 Å². The molecular weight excluding hydrogens is 401 g/mol. The number of alkyl halides is 3. The van der Waals surface area contributed by atoms with E-state index in [1.807, 2.05) is 0 Å². The average molecular weight is 414 g/mol. The Hall–Kier alpha value is -4.02. The number of benzene rings is 1. The summed E-state index contributed by atoms with van der Waals surface area (Å²) < 4.78 is 46.3. The lowest BCUT2D eigenvalue weighted by molar-refractivity contribution is -0.136. The van der Waals surface area contributed by atoms with Crippen molar-refractivity contribution in [3.63, 3.8) is 0 Å². The van der Waals surface area contributed by atoms with Gasteiger partial charge in [0.2, 0.25) is 0 Å². The Kier molecular flexibility index (Phi) is 4.78. The van der Waals surface area contributed by atoms with Gasteiger partial charge in [0.1, 0.15) is 5.76 Å². The Bertz CT molecular complexity index is 1250. The Morgan fingerprint density at radius 2 is 2.07 bits per heavy atom. The van der Waals surface area contributed by atoms with Crippen LogP contribution in [0.5, 0.6) is 0 Å². The smallest absolute Gasteiger partial charge is 0.418 e. The highest BCUT2D eigenvalue weighted by Crippen LogP contribution is 2.35. The van der Waals surface area contributed by atoms with Crippen LogP contribution in [-0.4, -0.2) is 32.1 Å². The quantitative estimate of drug-likeness (QED) is 0.407. The number of carbonyl (C=O) groups is 1. The zero-order valence-electron chi connectivity index (χ0n) is 15.4. The van der Waals surface area contributed by atoms with Gasteiger partial charge in [-0.1, -0.05) is 17.3 Å². The number of hydrazone groups is 1. The van der Waals surface area contributed by atoms with Crippen LogP contribution >= 0.6 is 0 Å². The number of aromatic nitrogens is 4.